The molecule has 0 aromatic heterocycles. The lowest BCUT2D eigenvalue weighted by Gasteiger charge is -2.36. The lowest BCUT2D eigenvalue weighted by atomic mass is 9.88. The zero-order valence-electron chi connectivity index (χ0n) is 22.1. The molecule has 0 amide bonds. The van der Waals surface area contributed by atoms with Crippen LogP contribution in [0.15, 0.2) is 84.6 Å². The van der Waals surface area contributed by atoms with Crippen molar-refractivity contribution in [2.45, 2.75) is 65.5 Å². The molecule has 188 valence electrons. The quantitative estimate of drug-likeness (QED) is 0.286. The maximum absolute atomic E-state index is 5.94. The smallest absolute Gasteiger partial charge is 0.0320 e. The van der Waals surface area contributed by atoms with Gasteiger partial charge in [-0.25, -0.2) is 0 Å². The number of nitrogens with zero attached hydrogens (tertiary/aromatic N) is 1. The molecule has 1 unspecified atom stereocenters. The lowest BCUT2D eigenvalue weighted by Crippen LogP contribution is -2.41. The molecule has 0 spiro atoms. The second kappa shape index (κ2) is 14.1. The molecule has 3 heteroatoms. The first-order chi connectivity index (χ1) is 17.0. The first kappa shape index (κ1) is 27.0. The van der Waals surface area contributed by atoms with Crippen LogP contribution in [0.3, 0.4) is 0 Å². The van der Waals surface area contributed by atoms with Crippen LogP contribution in [0.2, 0.25) is 0 Å². The van der Waals surface area contributed by atoms with Crippen molar-refractivity contribution in [3.05, 3.63) is 107 Å². The highest BCUT2D eigenvalue weighted by molar-refractivity contribution is 5.30. The predicted octanol–water partition coefficient (Wildman–Crippen LogP) is 6.20. The van der Waals surface area contributed by atoms with E-state index in [4.69, 9.17) is 5.73 Å². The van der Waals surface area contributed by atoms with E-state index in [2.05, 4.69) is 91.3 Å². The van der Waals surface area contributed by atoms with Gasteiger partial charge < -0.3 is 11.1 Å². The van der Waals surface area contributed by atoms with Crippen LogP contribution in [-0.4, -0.2) is 30.6 Å². The molecule has 0 radical (unpaired) electrons. The van der Waals surface area contributed by atoms with E-state index in [0.29, 0.717) is 6.04 Å². The zero-order valence-corrected chi connectivity index (χ0v) is 22.1. The van der Waals surface area contributed by atoms with Crippen molar-refractivity contribution < 1.29 is 0 Å². The van der Waals surface area contributed by atoms with Crippen molar-refractivity contribution in [3.63, 3.8) is 0 Å². The van der Waals surface area contributed by atoms with Crippen LogP contribution in [0.5, 0.6) is 0 Å². The van der Waals surface area contributed by atoms with E-state index in [1.54, 1.807) is 0 Å². The Labute approximate surface area is 213 Å². The number of hydrogen-bond acceptors (Lipinski definition) is 3. The second-order valence-electron chi connectivity index (χ2n) is 10.0. The van der Waals surface area contributed by atoms with Gasteiger partial charge in [0.05, 0.1) is 0 Å². The standard InChI is InChI=1S/C32H45N3/c1-5-9-32(22-25(3)33)26(4)35-20-17-28(18-21-35)23-27-12-14-29(15-13-27)24-34-19-16-31-11-8-7-10-30(31)6-2/h5,7-15,22,26,28,34H,1,6,16-21,23-24,33H2,2-4H3/b25-22+,32-9+. The lowest BCUT2D eigenvalue weighted by molar-refractivity contribution is 0.158. The van der Waals surface area contributed by atoms with E-state index < -0.39 is 0 Å². The van der Waals surface area contributed by atoms with Gasteiger partial charge in [0, 0.05) is 18.3 Å². The number of nitrogens with two attached hydrogens (primary N) is 1. The van der Waals surface area contributed by atoms with E-state index in [1.807, 2.05) is 13.0 Å². The van der Waals surface area contributed by atoms with Crippen molar-refractivity contribution in [1.29, 1.82) is 0 Å². The van der Waals surface area contributed by atoms with E-state index in [0.717, 1.165) is 50.6 Å². The van der Waals surface area contributed by atoms with Gasteiger partial charge in [-0.3, -0.25) is 4.90 Å². The number of allylic oxidation sites excluding steroid dienone is 3. The fourth-order valence-corrected chi connectivity index (χ4v) is 5.19. The van der Waals surface area contributed by atoms with Crippen LogP contribution >= 0.6 is 0 Å². The maximum atomic E-state index is 5.94. The minimum Gasteiger partial charge on any atom is -0.402 e. The summed E-state index contributed by atoms with van der Waals surface area (Å²) in [5.41, 5.74) is 13.8. The van der Waals surface area contributed by atoms with Crippen molar-refractivity contribution in [2.75, 3.05) is 19.6 Å². The summed E-state index contributed by atoms with van der Waals surface area (Å²) in [6.45, 7) is 14.6. The van der Waals surface area contributed by atoms with Gasteiger partial charge in [-0.15, -0.1) is 0 Å². The Bertz CT molecular complexity index is 974. The summed E-state index contributed by atoms with van der Waals surface area (Å²) >= 11 is 0. The normalized spacial score (nSPS) is 16.9. The summed E-state index contributed by atoms with van der Waals surface area (Å²) in [6.07, 6.45) is 11.9. The number of piperidine rings is 1. The van der Waals surface area contributed by atoms with Crippen LogP contribution in [0.4, 0.5) is 0 Å². The first-order valence-corrected chi connectivity index (χ1v) is 13.4. The Balaban J connectivity index is 1.41. The molecule has 0 bridgehead atoms. The van der Waals surface area contributed by atoms with E-state index >= 15 is 0 Å². The van der Waals surface area contributed by atoms with Crippen molar-refractivity contribution in [1.82, 2.24) is 10.2 Å². The Morgan fingerprint density at radius 2 is 1.74 bits per heavy atom. The largest absolute Gasteiger partial charge is 0.402 e. The average Bonchev–Trinajstić information content (AvgIpc) is 2.87. The van der Waals surface area contributed by atoms with Gasteiger partial charge in [-0.1, -0.05) is 74.2 Å². The third-order valence-corrected chi connectivity index (χ3v) is 7.33. The topological polar surface area (TPSA) is 41.3 Å². The summed E-state index contributed by atoms with van der Waals surface area (Å²) in [4.78, 5) is 2.58. The van der Waals surface area contributed by atoms with E-state index in [-0.39, 0.29) is 0 Å². The van der Waals surface area contributed by atoms with Crippen molar-refractivity contribution >= 4 is 0 Å². The molecular formula is C32H45N3. The zero-order chi connectivity index (χ0) is 25.0. The molecule has 3 nitrogen and oxygen atoms in total. The third-order valence-electron chi connectivity index (χ3n) is 7.33. The molecule has 35 heavy (non-hydrogen) atoms. The summed E-state index contributed by atoms with van der Waals surface area (Å²) in [6, 6.07) is 18.4. The van der Waals surface area contributed by atoms with Gasteiger partial charge in [-0.05, 0) is 105 Å². The molecule has 0 saturated carbocycles. The number of likely N-dealkylation sites (tertiary alicyclic amines) is 1. The molecule has 1 aliphatic rings. The number of rotatable bonds is 12. The SMILES string of the molecule is C=C/C=C(\C=C(/C)N)C(C)N1CCC(Cc2ccc(CNCCc3ccccc3CC)cc2)CC1. The maximum Gasteiger partial charge on any atom is 0.0320 e. The van der Waals surface area contributed by atoms with Crippen LogP contribution < -0.4 is 11.1 Å². The minimum absolute atomic E-state index is 0.370. The molecule has 1 heterocycles. The molecule has 0 aliphatic carbocycles. The van der Waals surface area contributed by atoms with Gasteiger partial charge in [0.1, 0.15) is 0 Å². The average molecular weight is 472 g/mol. The van der Waals surface area contributed by atoms with Crippen molar-refractivity contribution in [2.24, 2.45) is 11.7 Å². The highest BCUT2D eigenvalue weighted by Crippen LogP contribution is 2.25. The molecule has 1 atom stereocenters. The predicted molar refractivity (Wildman–Crippen MR) is 151 cm³/mol. The highest BCUT2D eigenvalue weighted by Gasteiger charge is 2.24. The van der Waals surface area contributed by atoms with Crippen LogP contribution in [0.25, 0.3) is 0 Å². The molecule has 1 aliphatic heterocycles. The van der Waals surface area contributed by atoms with Crippen LogP contribution in [0.1, 0.15) is 55.9 Å². The van der Waals surface area contributed by atoms with Gasteiger partial charge >= 0.3 is 0 Å². The Morgan fingerprint density at radius 3 is 2.37 bits per heavy atom. The second-order valence-corrected chi connectivity index (χ2v) is 10.0. The first-order valence-electron chi connectivity index (χ1n) is 13.4. The highest BCUT2D eigenvalue weighted by atomic mass is 15.2. The minimum atomic E-state index is 0.370. The van der Waals surface area contributed by atoms with Gasteiger partial charge in [0.2, 0.25) is 0 Å². The summed E-state index contributed by atoms with van der Waals surface area (Å²) < 4.78 is 0. The molecule has 1 saturated heterocycles. The monoisotopic (exact) mass is 471 g/mol. The number of nitrogens with one attached hydrogen (secondary N) is 1. The van der Waals surface area contributed by atoms with Crippen LogP contribution in [-0.2, 0) is 25.8 Å². The molecule has 3 N–H and O–H groups in total. The third kappa shape index (κ3) is 8.52. The molecule has 1 fully saturated rings. The fourth-order valence-electron chi connectivity index (χ4n) is 5.19. The Hall–Kier alpha value is -2.62. The summed E-state index contributed by atoms with van der Waals surface area (Å²) in [7, 11) is 0. The number of benzene rings is 2. The molecule has 2 aromatic rings. The number of hydrogen-bond donors (Lipinski definition) is 2. The summed E-state index contributed by atoms with van der Waals surface area (Å²) in [5.74, 6) is 0.764. The fraction of sp³-hybridized carbons (Fsp3) is 0.438. The Kier molecular flexibility index (Phi) is 10.8. The van der Waals surface area contributed by atoms with Crippen molar-refractivity contribution in [3.8, 4) is 0 Å². The Morgan fingerprint density at radius 1 is 1.09 bits per heavy atom. The van der Waals surface area contributed by atoms with E-state index in [9.17, 15) is 0 Å². The van der Waals surface area contributed by atoms with Crippen LogP contribution in [0, 0.1) is 5.92 Å². The summed E-state index contributed by atoms with van der Waals surface area (Å²) in [5, 5.41) is 3.62. The molecule has 2 aromatic carbocycles. The van der Waals surface area contributed by atoms with E-state index in [1.165, 1.54) is 47.1 Å². The van der Waals surface area contributed by atoms with Gasteiger partial charge in [-0.2, -0.15) is 0 Å². The number of aryl methyl sites for hydroxylation is 1. The molecular weight excluding hydrogens is 426 g/mol. The van der Waals surface area contributed by atoms with Gasteiger partial charge in [0.15, 0.2) is 0 Å². The van der Waals surface area contributed by atoms with Gasteiger partial charge in [0.25, 0.3) is 0 Å². The molecule has 3 rings (SSSR count).